The molecule has 1 aliphatic rings. The van der Waals surface area contributed by atoms with Gasteiger partial charge in [-0.05, 0) is 31.6 Å². The molecule has 0 aromatic carbocycles. The molecule has 0 radical (unpaired) electrons. The number of hydrogen-bond acceptors (Lipinski definition) is 3. The molecule has 1 aliphatic carbocycles. The van der Waals surface area contributed by atoms with E-state index in [4.69, 9.17) is 10.2 Å². The van der Waals surface area contributed by atoms with Crippen molar-refractivity contribution in [2.45, 2.75) is 51.2 Å². The molecular weight excluding hydrogens is 236 g/mol. The first-order valence-electron chi connectivity index (χ1n) is 6.44. The van der Waals surface area contributed by atoms with Crippen LogP contribution in [0, 0.1) is 5.92 Å². The minimum Gasteiger partial charge on any atom is -0.479 e. The number of aliphatic hydroxyl groups excluding tert-OH is 1. The van der Waals surface area contributed by atoms with Gasteiger partial charge in [-0.15, -0.1) is 0 Å². The predicted molar refractivity (Wildman–Crippen MR) is 66.2 cm³/mol. The summed E-state index contributed by atoms with van der Waals surface area (Å²) >= 11 is 0. The zero-order valence-electron chi connectivity index (χ0n) is 10.7. The Hall–Kier alpha value is -1.30. The van der Waals surface area contributed by atoms with Gasteiger partial charge in [0, 0.05) is 19.0 Å². The fraction of sp³-hybridized carbons (Fsp3) is 0.833. The Kier molecular flexibility index (Phi) is 5.91. The monoisotopic (exact) mass is 258 g/mol. The molecule has 4 N–H and O–H groups in total. The second kappa shape index (κ2) is 7.20. The van der Waals surface area contributed by atoms with E-state index in [1.54, 1.807) is 0 Å². The van der Waals surface area contributed by atoms with E-state index in [-0.39, 0.29) is 25.0 Å². The van der Waals surface area contributed by atoms with Crippen LogP contribution in [0.4, 0.5) is 4.79 Å². The van der Waals surface area contributed by atoms with Gasteiger partial charge < -0.3 is 20.8 Å². The molecule has 0 spiro atoms. The van der Waals surface area contributed by atoms with Gasteiger partial charge in [-0.2, -0.15) is 0 Å². The number of hydrogen-bond donors (Lipinski definition) is 4. The van der Waals surface area contributed by atoms with Gasteiger partial charge in [-0.1, -0.05) is 6.92 Å². The molecular formula is C12H22N2O4. The number of rotatable bonds is 5. The first-order valence-corrected chi connectivity index (χ1v) is 6.44. The quantitative estimate of drug-likeness (QED) is 0.583. The number of urea groups is 1. The van der Waals surface area contributed by atoms with Crippen molar-refractivity contribution in [3.63, 3.8) is 0 Å². The molecule has 0 heterocycles. The lowest BCUT2D eigenvalue weighted by Gasteiger charge is -2.26. The molecule has 1 rings (SSSR count). The Morgan fingerprint density at radius 2 is 1.89 bits per heavy atom. The van der Waals surface area contributed by atoms with Gasteiger partial charge in [0.15, 0.2) is 6.10 Å². The number of aliphatic carboxylic acids is 1. The Balaban J connectivity index is 2.12. The summed E-state index contributed by atoms with van der Waals surface area (Å²) in [7, 11) is 0. The van der Waals surface area contributed by atoms with Crippen LogP contribution in [0.1, 0.15) is 39.0 Å². The molecule has 0 saturated heterocycles. The van der Waals surface area contributed by atoms with Crippen LogP contribution in [0.2, 0.25) is 0 Å². The van der Waals surface area contributed by atoms with E-state index in [9.17, 15) is 9.59 Å². The average molecular weight is 258 g/mol. The standard InChI is InChI=1S/C12H22N2O4/c1-8-2-4-9(5-3-8)14-12(18)13-7-6-10(15)11(16)17/h8-10,15H,2-7H2,1H3,(H,16,17)(H2,13,14,18). The number of amides is 2. The molecule has 1 unspecified atom stereocenters. The van der Waals surface area contributed by atoms with Crippen molar-refractivity contribution in [2.24, 2.45) is 5.92 Å². The van der Waals surface area contributed by atoms with Crippen LogP contribution >= 0.6 is 0 Å². The van der Waals surface area contributed by atoms with Gasteiger partial charge in [-0.3, -0.25) is 0 Å². The van der Waals surface area contributed by atoms with Crippen LogP contribution in [0.3, 0.4) is 0 Å². The summed E-state index contributed by atoms with van der Waals surface area (Å²) in [5, 5.41) is 22.9. The van der Waals surface area contributed by atoms with Crippen LogP contribution in [-0.4, -0.2) is 40.9 Å². The van der Waals surface area contributed by atoms with E-state index in [1.165, 1.54) is 0 Å². The molecule has 1 fully saturated rings. The highest BCUT2D eigenvalue weighted by atomic mass is 16.4. The van der Waals surface area contributed by atoms with E-state index in [0.717, 1.165) is 31.6 Å². The molecule has 104 valence electrons. The molecule has 6 nitrogen and oxygen atoms in total. The maximum atomic E-state index is 11.5. The summed E-state index contributed by atoms with van der Waals surface area (Å²) in [5.41, 5.74) is 0. The number of nitrogens with one attached hydrogen (secondary N) is 2. The minimum atomic E-state index is -1.42. The highest BCUT2D eigenvalue weighted by molar-refractivity contribution is 5.74. The second-order valence-corrected chi connectivity index (χ2v) is 5.00. The third kappa shape index (κ3) is 5.35. The first-order chi connectivity index (χ1) is 8.49. The molecule has 0 aromatic heterocycles. The summed E-state index contributed by atoms with van der Waals surface area (Å²) in [6, 6.07) is -0.0715. The maximum absolute atomic E-state index is 11.5. The van der Waals surface area contributed by atoms with E-state index < -0.39 is 12.1 Å². The van der Waals surface area contributed by atoms with Gasteiger partial charge in [-0.25, -0.2) is 9.59 Å². The highest BCUT2D eigenvalue weighted by Gasteiger charge is 2.19. The fourth-order valence-corrected chi connectivity index (χ4v) is 2.09. The van der Waals surface area contributed by atoms with Gasteiger partial charge in [0.1, 0.15) is 0 Å². The summed E-state index contributed by atoms with van der Waals surface area (Å²) in [5.74, 6) is -0.532. The molecule has 0 bridgehead atoms. The van der Waals surface area contributed by atoms with Gasteiger partial charge >= 0.3 is 12.0 Å². The Morgan fingerprint density at radius 3 is 2.44 bits per heavy atom. The summed E-state index contributed by atoms with van der Waals surface area (Å²) in [6.45, 7) is 2.37. The average Bonchev–Trinajstić information content (AvgIpc) is 2.32. The van der Waals surface area contributed by atoms with Crippen LogP contribution in [-0.2, 0) is 4.79 Å². The summed E-state index contributed by atoms with van der Waals surface area (Å²) in [6.07, 6.45) is 2.84. The molecule has 0 aliphatic heterocycles. The first kappa shape index (κ1) is 14.8. The number of carbonyl (C=O) groups excluding carboxylic acids is 1. The lowest BCUT2D eigenvalue weighted by Crippen LogP contribution is -2.44. The third-order valence-corrected chi connectivity index (χ3v) is 3.34. The van der Waals surface area contributed by atoms with Crippen molar-refractivity contribution in [2.75, 3.05) is 6.54 Å². The lowest BCUT2D eigenvalue weighted by atomic mass is 9.87. The van der Waals surface area contributed by atoms with Crippen LogP contribution < -0.4 is 10.6 Å². The van der Waals surface area contributed by atoms with Crippen molar-refractivity contribution < 1.29 is 19.8 Å². The zero-order chi connectivity index (χ0) is 13.5. The Morgan fingerprint density at radius 1 is 1.28 bits per heavy atom. The van der Waals surface area contributed by atoms with Crippen molar-refractivity contribution >= 4 is 12.0 Å². The number of carboxylic acid groups (broad SMARTS) is 1. The van der Waals surface area contributed by atoms with Crippen LogP contribution in [0.5, 0.6) is 0 Å². The van der Waals surface area contributed by atoms with Gasteiger partial charge in [0.05, 0.1) is 0 Å². The molecule has 1 atom stereocenters. The summed E-state index contributed by atoms with van der Waals surface area (Å²) in [4.78, 5) is 21.8. The zero-order valence-corrected chi connectivity index (χ0v) is 10.7. The predicted octanol–water partition coefficient (Wildman–Crippen LogP) is 0.700. The number of carbonyl (C=O) groups is 2. The van der Waals surface area contributed by atoms with E-state index in [1.807, 2.05) is 0 Å². The van der Waals surface area contributed by atoms with Crippen LogP contribution in [0.15, 0.2) is 0 Å². The fourth-order valence-electron chi connectivity index (χ4n) is 2.09. The third-order valence-electron chi connectivity index (χ3n) is 3.34. The topological polar surface area (TPSA) is 98.7 Å². The van der Waals surface area contributed by atoms with Crippen LogP contribution in [0.25, 0.3) is 0 Å². The smallest absolute Gasteiger partial charge is 0.332 e. The molecule has 1 saturated carbocycles. The lowest BCUT2D eigenvalue weighted by molar-refractivity contribution is -0.146. The van der Waals surface area contributed by atoms with Crippen molar-refractivity contribution in [1.29, 1.82) is 0 Å². The van der Waals surface area contributed by atoms with E-state index >= 15 is 0 Å². The van der Waals surface area contributed by atoms with Gasteiger partial charge in [0.25, 0.3) is 0 Å². The molecule has 2 amide bonds. The largest absolute Gasteiger partial charge is 0.479 e. The van der Waals surface area contributed by atoms with Gasteiger partial charge in [0.2, 0.25) is 0 Å². The Bertz CT molecular complexity index is 288. The number of aliphatic hydroxyl groups is 1. The second-order valence-electron chi connectivity index (χ2n) is 5.00. The molecule has 0 aromatic rings. The van der Waals surface area contributed by atoms with E-state index in [2.05, 4.69) is 17.6 Å². The van der Waals surface area contributed by atoms with Crippen molar-refractivity contribution in [3.8, 4) is 0 Å². The minimum absolute atomic E-state index is 0.0183. The maximum Gasteiger partial charge on any atom is 0.332 e. The Labute approximate surface area is 107 Å². The SMILES string of the molecule is CC1CCC(NC(=O)NCCC(O)C(=O)O)CC1. The summed E-state index contributed by atoms with van der Waals surface area (Å²) < 4.78 is 0. The molecule has 6 heteroatoms. The van der Waals surface area contributed by atoms with Crippen molar-refractivity contribution in [3.05, 3.63) is 0 Å². The number of carboxylic acids is 1. The van der Waals surface area contributed by atoms with E-state index in [0.29, 0.717) is 0 Å². The highest BCUT2D eigenvalue weighted by Crippen LogP contribution is 2.23. The molecule has 18 heavy (non-hydrogen) atoms. The van der Waals surface area contributed by atoms with Crippen molar-refractivity contribution in [1.82, 2.24) is 10.6 Å². The normalized spacial score (nSPS) is 25.2.